The highest BCUT2D eigenvalue weighted by Gasteiger charge is 2.24. The summed E-state index contributed by atoms with van der Waals surface area (Å²) in [6, 6.07) is 1.29. The van der Waals surface area contributed by atoms with E-state index in [1.165, 1.54) is 6.07 Å². The highest BCUT2D eigenvalue weighted by Crippen LogP contribution is 2.26. The molecule has 1 aliphatic heterocycles. The summed E-state index contributed by atoms with van der Waals surface area (Å²) in [5.41, 5.74) is 0. The Bertz CT molecular complexity index is 506. The number of ether oxygens (including phenoxy) is 1. The summed E-state index contributed by atoms with van der Waals surface area (Å²) in [7, 11) is -3.65. The van der Waals surface area contributed by atoms with Crippen molar-refractivity contribution in [2.24, 2.45) is 0 Å². The van der Waals surface area contributed by atoms with Gasteiger partial charge < -0.3 is 14.3 Å². The van der Waals surface area contributed by atoms with E-state index in [4.69, 9.17) is 14.3 Å². The monoisotopic (exact) mass is 339 g/mol. The first-order valence-corrected chi connectivity index (χ1v) is 7.81. The molecule has 0 radical (unpaired) electrons. The Balaban J connectivity index is 2.06. The lowest BCUT2D eigenvalue weighted by molar-refractivity contribution is 0.114. The van der Waals surface area contributed by atoms with Crippen molar-refractivity contribution in [1.29, 1.82) is 0 Å². The van der Waals surface area contributed by atoms with Crippen LogP contribution in [0.4, 0.5) is 0 Å². The minimum absolute atomic E-state index is 0.00968. The van der Waals surface area contributed by atoms with Gasteiger partial charge >= 0.3 is 0 Å². The van der Waals surface area contributed by atoms with Crippen molar-refractivity contribution in [3.05, 3.63) is 16.5 Å². The first kappa shape index (κ1) is 14.0. The number of halogens is 1. The van der Waals surface area contributed by atoms with Gasteiger partial charge in [-0.3, -0.25) is 0 Å². The summed E-state index contributed by atoms with van der Waals surface area (Å²) >= 11 is 3.02. The molecule has 1 aromatic rings. The number of aliphatic hydroxyl groups is 1. The van der Waals surface area contributed by atoms with Gasteiger partial charge in [-0.1, -0.05) is 0 Å². The molecule has 1 aromatic heterocycles. The molecule has 0 aliphatic carbocycles. The van der Waals surface area contributed by atoms with E-state index in [1.54, 1.807) is 0 Å². The van der Waals surface area contributed by atoms with Gasteiger partial charge in [0.2, 0.25) is 10.0 Å². The van der Waals surface area contributed by atoms with E-state index in [2.05, 4.69) is 20.7 Å². The summed E-state index contributed by atoms with van der Waals surface area (Å²) in [6.07, 6.45) is 1.75. The molecule has 1 saturated heterocycles. The summed E-state index contributed by atoms with van der Waals surface area (Å²) in [6.45, 7) is 0.574. The standard InChI is InChI=1S/C10H14BrNO5S/c11-10-9(4-8(6-13)17-10)18(14,15)12-5-7-2-1-3-16-7/h4,7,12-13H,1-3,5-6H2. The zero-order chi connectivity index (χ0) is 13.2. The molecular weight excluding hydrogens is 326 g/mol. The third-order valence-electron chi connectivity index (χ3n) is 2.68. The molecule has 2 rings (SSSR count). The van der Waals surface area contributed by atoms with Crippen LogP contribution >= 0.6 is 15.9 Å². The summed E-state index contributed by atoms with van der Waals surface area (Å²) in [5.74, 6) is 0.194. The number of hydrogen-bond acceptors (Lipinski definition) is 5. The molecule has 1 fully saturated rings. The van der Waals surface area contributed by atoms with Crippen LogP contribution in [-0.4, -0.2) is 32.8 Å². The molecule has 18 heavy (non-hydrogen) atoms. The smallest absolute Gasteiger partial charge is 0.245 e. The molecule has 2 heterocycles. The number of rotatable bonds is 5. The number of hydrogen-bond donors (Lipinski definition) is 2. The third kappa shape index (κ3) is 3.12. The summed E-state index contributed by atoms with van der Waals surface area (Å²) < 4.78 is 36.9. The Morgan fingerprint density at radius 1 is 1.56 bits per heavy atom. The molecule has 2 N–H and O–H groups in total. The van der Waals surface area contributed by atoms with Gasteiger partial charge in [0.05, 0.1) is 6.10 Å². The van der Waals surface area contributed by atoms with Crippen LogP contribution in [0.25, 0.3) is 0 Å². The molecule has 1 unspecified atom stereocenters. The molecule has 102 valence electrons. The van der Waals surface area contributed by atoms with E-state index in [1.807, 2.05) is 0 Å². The Labute approximate surface area is 113 Å². The van der Waals surface area contributed by atoms with Crippen LogP contribution in [0.15, 0.2) is 20.0 Å². The Kier molecular flexibility index (Phi) is 4.44. The van der Waals surface area contributed by atoms with Crippen molar-refractivity contribution >= 4 is 26.0 Å². The maximum Gasteiger partial charge on any atom is 0.245 e. The number of furan rings is 1. The zero-order valence-electron chi connectivity index (χ0n) is 9.56. The average molecular weight is 340 g/mol. The highest BCUT2D eigenvalue weighted by atomic mass is 79.9. The minimum atomic E-state index is -3.65. The lowest BCUT2D eigenvalue weighted by Gasteiger charge is -2.10. The molecule has 6 nitrogen and oxygen atoms in total. The summed E-state index contributed by atoms with van der Waals surface area (Å²) in [4.78, 5) is -0.00968. The number of nitrogens with one attached hydrogen (secondary N) is 1. The van der Waals surface area contributed by atoms with Crippen LogP contribution in [0.1, 0.15) is 18.6 Å². The number of aliphatic hydroxyl groups excluding tert-OH is 1. The second-order valence-corrected chi connectivity index (χ2v) is 6.45. The first-order chi connectivity index (χ1) is 8.53. The van der Waals surface area contributed by atoms with Gasteiger partial charge in [-0.2, -0.15) is 0 Å². The van der Waals surface area contributed by atoms with Crippen LogP contribution < -0.4 is 4.72 Å². The van der Waals surface area contributed by atoms with E-state index in [9.17, 15) is 8.42 Å². The molecule has 0 saturated carbocycles. The molecule has 0 amide bonds. The maximum atomic E-state index is 12.0. The maximum absolute atomic E-state index is 12.0. The largest absolute Gasteiger partial charge is 0.450 e. The van der Waals surface area contributed by atoms with Gasteiger partial charge in [0.15, 0.2) is 4.67 Å². The van der Waals surface area contributed by atoms with Crippen LogP contribution in [-0.2, 0) is 21.4 Å². The predicted molar refractivity (Wildman–Crippen MR) is 66.5 cm³/mol. The SMILES string of the molecule is O=S(=O)(NCC1CCCO1)c1cc(CO)oc1Br. The Morgan fingerprint density at radius 2 is 2.33 bits per heavy atom. The van der Waals surface area contributed by atoms with Crippen molar-refractivity contribution in [3.63, 3.8) is 0 Å². The van der Waals surface area contributed by atoms with Crippen LogP contribution in [0.5, 0.6) is 0 Å². The second-order valence-electron chi connectivity index (χ2n) is 4.00. The fourth-order valence-electron chi connectivity index (χ4n) is 1.74. The first-order valence-electron chi connectivity index (χ1n) is 5.53. The average Bonchev–Trinajstić information content (AvgIpc) is 2.95. The Hall–Kier alpha value is -0.410. The van der Waals surface area contributed by atoms with Crippen molar-refractivity contribution in [3.8, 4) is 0 Å². The van der Waals surface area contributed by atoms with Crippen LogP contribution in [0.3, 0.4) is 0 Å². The van der Waals surface area contributed by atoms with E-state index in [0.717, 1.165) is 12.8 Å². The molecule has 1 aliphatic rings. The highest BCUT2D eigenvalue weighted by molar-refractivity contribution is 9.10. The van der Waals surface area contributed by atoms with Crippen LogP contribution in [0.2, 0.25) is 0 Å². The van der Waals surface area contributed by atoms with E-state index in [-0.39, 0.29) is 34.6 Å². The predicted octanol–water partition coefficient (Wildman–Crippen LogP) is 0.992. The van der Waals surface area contributed by atoms with Gasteiger partial charge in [-0.05, 0) is 28.8 Å². The lowest BCUT2D eigenvalue weighted by Crippen LogP contribution is -2.31. The quantitative estimate of drug-likeness (QED) is 0.835. The molecule has 0 spiro atoms. The van der Waals surface area contributed by atoms with E-state index >= 15 is 0 Å². The van der Waals surface area contributed by atoms with Crippen LogP contribution in [0, 0.1) is 0 Å². The van der Waals surface area contributed by atoms with E-state index < -0.39 is 10.0 Å². The van der Waals surface area contributed by atoms with Crippen molar-refractivity contribution in [2.45, 2.75) is 30.4 Å². The fourth-order valence-corrected chi connectivity index (χ4v) is 3.81. The number of sulfonamides is 1. The topological polar surface area (TPSA) is 88.8 Å². The van der Waals surface area contributed by atoms with Gasteiger partial charge in [0.1, 0.15) is 17.3 Å². The van der Waals surface area contributed by atoms with E-state index in [0.29, 0.717) is 6.61 Å². The molecule has 1 atom stereocenters. The lowest BCUT2D eigenvalue weighted by atomic mass is 10.2. The normalized spacial score (nSPS) is 20.4. The molecular formula is C10H14BrNO5S. The van der Waals surface area contributed by atoms with Crippen molar-refractivity contribution in [1.82, 2.24) is 4.72 Å². The van der Waals surface area contributed by atoms with Crippen molar-refractivity contribution in [2.75, 3.05) is 13.2 Å². The van der Waals surface area contributed by atoms with Gasteiger partial charge in [0.25, 0.3) is 0 Å². The molecule has 8 heteroatoms. The fraction of sp³-hybridized carbons (Fsp3) is 0.600. The molecule has 0 bridgehead atoms. The van der Waals surface area contributed by atoms with Crippen molar-refractivity contribution < 1.29 is 22.7 Å². The van der Waals surface area contributed by atoms with Gasteiger partial charge in [-0.15, -0.1) is 0 Å². The third-order valence-corrected chi connectivity index (χ3v) is 4.96. The zero-order valence-corrected chi connectivity index (χ0v) is 12.0. The molecule has 0 aromatic carbocycles. The Morgan fingerprint density at radius 3 is 2.89 bits per heavy atom. The van der Waals surface area contributed by atoms with Gasteiger partial charge in [-0.25, -0.2) is 13.1 Å². The van der Waals surface area contributed by atoms with Gasteiger partial charge in [0, 0.05) is 19.2 Å². The minimum Gasteiger partial charge on any atom is -0.450 e. The second kappa shape index (κ2) is 5.70. The summed E-state index contributed by atoms with van der Waals surface area (Å²) in [5, 5.41) is 8.89.